The van der Waals surface area contributed by atoms with Crippen molar-refractivity contribution in [2.45, 2.75) is 20.0 Å². The van der Waals surface area contributed by atoms with Crippen LogP contribution in [0.15, 0.2) is 10.7 Å². The van der Waals surface area contributed by atoms with Crippen LogP contribution in [0.3, 0.4) is 0 Å². The summed E-state index contributed by atoms with van der Waals surface area (Å²) in [7, 11) is 3.76. The van der Waals surface area contributed by atoms with Crippen LogP contribution in [0.1, 0.15) is 12.6 Å². The summed E-state index contributed by atoms with van der Waals surface area (Å²) >= 11 is 8.60. The smallest absolute Gasteiger partial charge is 0.168 e. The molecule has 0 unspecified atom stereocenters. The van der Waals surface area contributed by atoms with Crippen molar-refractivity contribution in [1.29, 1.82) is 0 Å². The third-order valence-corrected chi connectivity index (χ3v) is 3.24. The molecular formula is C9H15BrN4S. The molecule has 0 atom stereocenters. The van der Waals surface area contributed by atoms with Gasteiger partial charge in [-0.2, -0.15) is 5.10 Å². The second-order valence-corrected chi connectivity index (χ2v) is 4.43. The van der Waals surface area contributed by atoms with Crippen molar-refractivity contribution in [1.82, 2.24) is 20.0 Å². The first-order valence-corrected chi connectivity index (χ1v) is 5.93. The fourth-order valence-electron chi connectivity index (χ4n) is 1.19. The van der Waals surface area contributed by atoms with Crippen molar-refractivity contribution >= 4 is 33.3 Å². The molecule has 0 spiro atoms. The van der Waals surface area contributed by atoms with Crippen molar-refractivity contribution in [3.8, 4) is 0 Å². The van der Waals surface area contributed by atoms with Gasteiger partial charge >= 0.3 is 0 Å². The molecule has 15 heavy (non-hydrogen) atoms. The molecule has 0 amide bonds. The first-order chi connectivity index (χ1) is 7.08. The lowest BCUT2D eigenvalue weighted by atomic mass is 10.4. The highest BCUT2D eigenvalue weighted by atomic mass is 79.9. The average molecular weight is 291 g/mol. The number of halogens is 1. The zero-order valence-corrected chi connectivity index (χ0v) is 11.5. The van der Waals surface area contributed by atoms with Gasteiger partial charge in [0.1, 0.15) is 0 Å². The molecule has 1 rings (SSSR count). The molecule has 1 heterocycles. The molecule has 0 aliphatic rings. The van der Waals surface area contributed by atoms with E-state index in [0.717, 1.165) is 16.7 Å². The SMILES string of the molecule is CCn1cc(Br)c(CN(C)C(=S)NC)n1. The fraction of sp³-hybridized carbons (Fsp3) is 0.556. The van der Waals surface area contributed by atoms with Crippen LogP contribution < -0.4 is 5.32 Å². The summed E-state index contributed by atoms with van der Waals surface area (Å²) in [5.74, 6) is 0. The number of thiocarbonyl (C=S) groups is 1. The molecule has 1 aromatic rings. The van der Waals surface area contributed by atoms with E-state index < -0.39 is 0 Å². The van der Waals surface area contributed by atoms with Gasteiger partial charge in [-0.05, 0) is 35.1 Å². The molecule has 0 aromatic carbocycles. The minimum absolute atomic E-state index is 0.702. The van der Waals surface area contributed by atoms with Crippen LogP contribution in [-0.2, 0) is 13.1 Å². The minimum atomic E-state index is 0.702. The molecule has 0 bridgehead atoms. The number of hydrogen-bond donors (Lipinski definition) is 1. The number of rotatable bonds is 3. The van der Waals surface area contributed by atoms with E-state index in [9.17, 15) is 0 Å². The lowest BCUT2D eigenvalue weighted by molar-refractivity contribution is 0.479. The van der Waals surface area contributed by atoms with Gasteiger partial charge in [0.05, 0.1) is 16.7 Å². The lowest BCUT2D eigenvalue weighted by Crippen LogP contribution is -2.34. The molecule has 0 aliphatic heterocycles. The number of hydrogen-bond acceptors (Lipinski definition) is 2. The molecule has 84 valence electrons. The Kier molecular flexibility index (Phi) is 4.53. The Bertz CT molecular complexity index is 350. The normalized spacial score (nSPS) is 10.1. The van der Waals surface area contributed by atoms with Crippen molar-refractivity contribution in [2.24, 2.45) is 0 Å². The van der Waals surface area contributed by atoms with Gasteiger partial charge in [0.15, 0.2) is 5.11 Å². The Morgan fingerprint density at radius 3 is 2.87 bits per heavy atom. The largest absolute Gasteiger partial charge is 0.366 e. The summed E-state index contributed by atoms with van der Waals surface area (Å²) in [5.41, 5.74) is 0.997. The van der Waals surface area contributed by atoms with Crippen LogP contribution in [0.25, 0.3) is 0 Å². The average Bonchev–Trinajstić information content (AvgIpc) is 2.58. The summed E-state index contributed by atoms with van der Waals surface area (Å²) < 4.78 is 2.92. The van der Waals surface area contributed by atoms with Crippen molar-refractivity contribution in [3.05, 3.63) is 16.4 Å². The Labute approximate surface area is 104 Å². The number of nitrogens with zero attached hydrogens (tertiary/aromatic N) is 3. The predicted octanol–water partition coefficient (Wildman–Crippen LogP) is 1.60. The summed E-state index contributed by atoms with van der Waals surface area (Å²) in [5, 5.41) is 8.07. The van der Waals surface area contributed by atoms with Crippen LogP contribution in [0.2, 0.25) is 0 Å². The van der Waals surface area contributed by atoms with Gasteiger partial charge in [-0.1, -0.05) is 0 Å². The maximum atomic E-state index is 5.12. The maximum absolute atomic E-state index is 5.12. The van der Waals surface area contributed by atoms with Crippen LogP contribution in [-0.4, -0.2) is 33.9 Å². The van der Waals surface area contributed by atoms with Crippen LogP contribution >= 0.6 is 28.1 Å². The van der Waals surface area contributed by atoms with Crippen molar-refractivity contribution < 1.29 is 0 Å². The first-order valence-electron chi connectivity index (χ1n) is 4.73. The third-order valence-electron chi connectivity index (χ3n) is 2.06. The first kappa shape index (κ1) is 12.4. The molecule has 0 saturated carbocycles. The van der Waals surface area contributed by atoms with E-state index in [1.165, 1.54) is 0 Å². The topological polar surface area (TPSA) is 33.1 Å². The van der Waals surface area contributed by atoms with E-state index in [0.29, 0.717) is 11.7 Å². The van der Waals surface area contributed by atoms with E-state index >= 15 is 0 Å². The molecule has 1 aromatic heterocycles. The second-order valence-electron chi connectivity index (χ2n) is 3.19. The van der Waals surface area contributed by atoms with Crippen LogP contribution in [0, 0.1) is 0 Å². The Hall–Kier alpha value is -0.620. The van der Waals surface area contributed by atoms with E-state index in [1.807, 2.05) is 29.9 Å². The molecule has 0 radical (unpaired) electrons. The highest BCUT2D eigenvalue weighted by molar-refractivity contribution is 9.10. The zero-order valence-electron chi connectivity index (χ0n) is 9.12. The Morgan fingerprint density at radius 1 is 1.73 bits per heavy atom. The molecule has 4 nitrogen and oxygen atoms in total. The molecule has 6 heteroatoms. The fourth-order valence-corrected chi connectivity index (χ4v) is 1.70. The van der Waals surface area contributed by atoms with Gasteiger partial charge in [-0.25, -0.2) is 0 Å². The highest BCUT2D eigenvalue weighted by Gasteiger charge is 2.10. The summed E-state index contributed by atoms with van der Waals surface area (Å²) in [4.78, 5) is 1.95. The number of nitrogens with one attached hydrogen (secondary N) is 1. The van der Waals surface area contributed by atoms with Gasteiger partial charge in [0.25, 0.3) is 0 Å². The molecule has 1 N–H and O–H groups in total. The number of aromatic nitrogens is 2. The zero-order chi connectivity index (χ0) is 11.4. The summed E-state index contributed by atoms with van der Waals surface area (Å²) in [6, 6.07) is 0. The monoisotopic (exact) mass is 290 g/mol. The molecular weight excluding hydrogens is 276 g/mol. The van der Waals surface area contributed by atoms with Gasteiger partial charge < -0.3 is 10.2 Å². The van der Waals surface area contributed by atoms with Crippen LogP contribution in [0.5, 0.6) is 0 Å². The van der Waals surface area contributed by atoms with E-state index in [2.05, 4.69) is 33.3 Å². The highest BCUT2D eigenvalue weighted by Crippen LogP contribution is 2.16. The van der Waals surface area contributed by atoms with Gasteiger partial charge in [0, 0.05) is 26.8 Å². The second kappa shape index (κ2) is 5.46. The summed E-state index contributed by atoms with van der Waals surface area (Å²) in [6.07, 6.45) is 1.98. The van der Waals surface area contributed by atoms with Gasteiger partial charge in [-0.15, -0.1) is 0 Å². The van der Waals surface area contributed by atoms with Gasteiger partial charge in [-0.3, -0.25) is 4.68 Å². The quantitative estimate of drug-likeness (QED) is 0.858. The Morgan fingerprint density at radius 2 is 2.40 bits per heavy atom. The predicted molar refractivity (Wildman–Crippen MR) is 68.7 cm³/mol. The van der Waals surface area contributed by atoms with Crippen molar-refractivity contribution in [3.63, 3.8) is 0 Å². The van der Waals surface area contributed by atoms with Crippen LogP contribution in [0.4, 0.5) is 0 Å². The van der Waals surface area contributed by atoms with E-state index in [1.54, 1.807) is 0 Å². The lowest BCUT2D eigenvalue weighted by Gasteiger charge is -2.18. The minimum Gasteiger partial charge on any atom is -0.366 e. The third kappa shape index (κ3) is 3.17. The number of aryl methyl sites for hydroxylation is 1. The van der Waals surface area contributed by atoms with E-state index in [4.69, 9.17) is 12.2 Å². The maximum Gasteiger partial charge on any atom is 0.168 e. The Balaban J connectivity index is 2.71. The van der Waals surface area contributed by atoms with Crippen molar-refractivity contribution in [2.75, 3.05) is 14.1 Å². The van der Waals surface area contributed by atoms with E-state index in [-0.39, 0.29) is 0 Å². The van der Waals surface area contributed by atoms with Gasteiger partial charge in [0.2, 0.25) is 0 Å². The standard InChI is InChI=1S/C9H15BrN4S/c1-4-14-5-7(10)8(12-14)6-13(3)9(15)11-2/h5H,4,6H2,1-3H3,(H,11,15). The molecule has 0 saturated heterocycles. The summed E-state index contributed by atoms with van der Waals surface area (Å²) in [6.45, 7) is 3.64. The molecule has 0 aliphatic carbocycles. The molecule has 0 fully saturated rings.